The van der Waals surface area contributed by atoms with Gasteiger partial charge in [-0.2, -0.15) is 0 Å². The van der Waals surface area contributed by atoms with E-state index < -0.39 is 0 Å². The minimum Gasteiger partial charge on any atom is -0.365 e. The van der Waals surface area contributed by atoms with Crippen LogP contribution in [0.1, 0.15) is 24.8 Å². The fraction of sp³-hybridized carbons (Fsp3) is 0.615. The molecule has 0 radical (unpaired) electrons. The summed E-state index contributed by atoms with van der Waals surface area (Å²) in [4.78, 5) is 7.06. The van der Waals surface area contributed by atoms with E-state index in [0.717, 1.165) is 16.3 Å². The maximum Gasteiger partial charge on any atom is 0.140 e. The van der Waals surface area contributed by atoms with E-state index in [9.17, 15) is 0 Å². The Labute approximate surface area is 111 Å². The summed E-state index contributed by atoms with van der Waals surface area (Å²) in [7, 11) is 0. The highest BCUT2D eigenvalue weighted by Crippen LogP contribution is 2.31. The average Bonchev–Trinajstić information content (AvgIpc) is 3.04. The number of nitrogens with zero attached hydrogens (tertiary/aromatic N) is 2. The Morgan fingerprint density at radius 1 is 1.41 bits per heavy atom. The van der Waals surface area contributed by atoms with Gasteiger partial charge in [-0.3, -0.25) is 4.90 Å². The Hall–Kier alpha value is -0.610. The Bertz CT molecular complexity index is 417. The lowest BCUT2D eigenvalue weighted by molar-refractivity contribution is 0.326. The molecule has 1 N–H and O–H groups in total. The molecule has 0 bridgehead atoms. The lowest BCUT2D eigenvalue weighted by Gasteiger charge is -2.17. The quantitative estimate of drug-likeness (QED) is 0.929. The molecule has 1 saturated heterocycles. The van der Waals surface area contributed by atoms with Crippen molar-refractivity contribution >= 4 is 21.7 Å². The fourth-order valence-electron chi connectivity index (χ4n) is 2.51. The van der Waals surface area contributed by atoms with E-state index >= 15 is 0 Å². The lowest BCUT2D eigenvalue weighted by atomic mass is 10.2. The predicted molar refractivity (Wildman–Crippen MR) is 73.3 cm³/mol. The first kappa shape index (κ1) is 11.5. The summed E-state index contributed by atoms with van der Waals surface area (Å²) in [6.07, 6.45) is 5.96. The third-order valence-corrected chi connectivity index (χ3v) is 4.21. The molecule has 1 aromatic rings. The van der Waals surface area contributed by atoms with E-state index in [0.29, 0.717) is 6.04 Å². The summed E-state index contributed by atoms with van der Waals surface area (Å²) >= 11 is 3.57. The molecule has 17 heavy (non-hydrogen) atoms. The van der Waals surface area contributed by atoms with Crippen molar-refractivity contribution in [3.8, 4) is 0 Å². The van der Waals surface area contributed by atoms with Crippen LogP contribution < -0.4 is 5.32 Å². The number of halogens is 1. The fourth-order valence-corrected chi connectivity index (χ4v) is 3.09. The minimum absolute atomic E-state index is 0.558. The van der Waals surface area contributed by atoms with E-state index in [2.05, 4.69) is 44.1 Å². The Morgan fingerprint density at radius 3 is 2.94 bits per heavy atom. The largest absolute Gasteiger partial charge is 0.365 e. The van der Waals surface area contributed by atoms with E-state index in [-0.39, 0.29) is 0 Å². The van der Waals surface area contributed by atoms with Crippen LogP contribution in [-0.4, -0.2) is 35.1 Å². The zero-order chi connectivity index (χ0) is 11.8. The van der Waals surface area contributed by atoms with Crippen LogP contribution in [0.5, 0.6) is 0 Å². The number of anilines is 1. The van der Waals surface area contributed by atoms with Gasteiger partial charge in [0.25, 0.3) is 0 Å². The first-order valence-electron chi connectivity index (χ1n) is 6.35. The summed E-state index contributed by atoms with van der Waals surface area (Å²) < 4.78 is 1.07. The van der Waals surface area contributed by atoms with Gasteiger partial charge in [0.05, 0.1) is 4.47 Å². The molecule has 1 aliphatic carbocycles. The molecule has 4 heteroatoms. The van der Waals surface area contributed by atoms with Gasteiger partial charge in [-0.1, -0.05) is 0 Å². The molecule has 3 rings (SSSR count). The Morgan fingerprint density at radius 2 is 2.24 bits per heavy atom. The molecule has 0 aromatic carbocycles. The van der Waals surface area contributed by atoms with Gasteiger partial charge in [-0.15, -0.1) is 0 Å². The molecule has 2 heterocycles. The summed E-state index contributed by atoms with van der Waals surface area (Å²) in [6, 6.07) is 3.56. The molecule has 92 valence electrons. The van der Waals surface area contributed by atoms with Crippen molar-refractivity contribution in [3.05, 3.63) is 22.3 Å². The van der Waals surface area contributed by atoms with Crippen molar-refractivity contribution in [1.82, 2.24) is 9.88 Å². The zero-order valence-corrected chi connectivity index (χ0v) is 11.7. The van der Waals surface area contributed by atoms with Crippen molar-refractivity contribution in [2.75, 3.05) is 18.4 Å². The number of aryl methyl sites for hydroxylation is 1. The number of nitrogens with one attached hydrogen (secondary N) is 1. The average molecular weight is 296 g/mol. The van der Waals surface area contributed by atoms with Crippen LogP contribution in [0, 0.1) is 6.92 Å². The molecule has 1 saturated carbocycles. The third-order valence-electron chi connectivity index (χ3n) is 3.60. The minimum atomic E-state index is 0.558. The summed E-state index contributed by atoms with van der Waals surface area (Å²) in [5, 5.41) is 3.55. The molecular weight excluding hydrogens is 278 g/mol. The summed E-state index contributed by atoms with van der Waals surface area (Å²) in [5.74, 6) is 0.984. The molecule has 2 fully saturated rings. The Balaban J connectivity index is 1.63. The van der Waals surface area contributed by atoms with Gasteiger partial charge < -0.3 is 5.32 Å². The second kappa shape index (κ2) is 4.58. The van der Waals surface area contributed by atoms with E-state index in [1.807, 2.05) is 6.20 Å². The zero-order valence-electron chi connectivity index (χ0n) is 10.1. The van der Waals surface area contributed by atoms with Crippen LogP contribution in [0.3, 0.4) is 0 Å². The molecule has 3 nitrogen and oxygen atoms in total. The smallest absolute Gasteiger partial charge is 0.140 e. The van der Waals surface area contributed by atoms with Crippen LogP contribution in [0.15, 0.2) is 16.7 Å². The molecule has 0 amide bonds. The second-order valence-corrected chi connectivity index (χ2v) is 6.05. The maximum absolute atomic E-state index is 4.45. The highest BCUT2D eigenvalue weighted by molar-refractivity contribution is 9.10. The van der Waals surface area contributed by atoms with Gasteiger partial charge in [0, 0.05) is 31.4 Å². The van der Waals surface area contributed by atoms with Crippen molar-refractivity contribution < 1.29 is 0 Å². The van der Waals surface area contributed by atoms with Crippen molar-refractivity contribution in [3.63, 3.8) is 0 Å². The van der Waals surface area contributed by atoms with E-state index in [1.165, 1.54) is 37.9 Å². The molecular formula is C13H18BrN3. The van der Waals surface area contributed by atoms with Gasteiger partial charge in [0.15, 0.2) is 0 Å². The topological polar surface area (TPSA) is 28.2 Å². The van der Waals surface area contributed by atoms with Gasteiger partial charge in [0.1, 0.15) is 5.82 Å². The molecule has 1 aromatic heterocycles. The van der Waals surface area contributed by atoms with E-state index in [4.69, 9.17) is 0 Å². The van der Waals surface area contributed by atoms with Gasteiger partial charge in [-0.25, -0.2) is 4.98 Å². The SMILES string of the molecule is Cc1cnc(NC2CCN(C3CC3)C2)c(Br)c1. The lowest BCUT2D eigenvalue weighted by Crippen LogP contribution is -2.28. The highest BCUT2D eigenvalue weighted by atomic mass is 79.9. The molecule has 1 unspecified atom stereocenters. The number of hydrogen-bond donors (Lipinski definition) is 1. The standard InChI is InChI=1S/C13H18BrN3/c1-9-6-12(14)13(15-7-9)16-10-4-5-17(8-10)11-2-3-11/h6-7,10-11H,2-5,8H2,1H3,(H,15,16). The Kier molecular flexibility index (Phi) is 3.09. The summed E-state index contributed by atoms with van der Waals surface area (Å²) in [5.41, 5.74) is 1.19. The first-order valence-corrected chi connectivity index (χ1v) is 7.14. The van der Waals surface area contributed by atoms with Gasteiger partial charge in [0.2, 0.25) is 0 Å². The van der Waals surface area contributed by atoms with Gasteiger partial charge >= 0.3 is 0 Å². The predicted octanol–water partition coefficient (Wildman–Crippen LogP) is 2.80. The van der Waals surface area contributed by atoms with E-state index in [1.54, 1.807) is 0 Å². The first-order chi connectivity index (χ1) is 8.22. The van der Waals surface area contributed by atoms with Crippen molar-refractivity contribution in [1.29, 1.82) is 0 Å². The van der Waals surface area contributed by atoms with Crippen LogP contribution in [0.4, 0.5) is 5.82 Å². The van der Waals surface area contributed by atoms with Crippen LogP contribution in [0.2, 0.25) is 0 Å². The third kappa shape index (κ3) is 2.63. The molecule has 0 spiro atoms. The van der Waals surface area contributed by atoms with Gasteiger partial charge in [-0.05, 0) is 53.7 Å². The summed E-state index contributed by atoms with van der Waals surface area (Å²) in [6.45, 7) is 4.48. The number of likely N-dealkylation sites (tertiary alicyclic amines) is 1. The maximum atomic E-state index is 4.45. The van der Waals surface area contributed by atoms with Crippen molar-refractivity contribution in [2.24, 2.45) is 0 Å². The monoisotopic (exact) mass is 295 g/mol. The molecule has 1 aliphatic heterocycles. The molecule has 1 atom stereocenters. The normalized spacial score (nSPS) is 25.2. The highest BCUT2D eigenvalue weighted by Gasteiger charge is 2.34. The number of rotatable bonds is 3. The number of aromatic nitrogens is 1. The molecule has 2 aliphatic rings. The van der Waals surface area contributed by atoms with Crippen LogP contribution in [-0.2, 0) is 0 Å². The van der Waals surface area contributed by atoms with Crippen LogP contribution in [0.25, 0.3) is 0 Å². The number of hydrogen-bond acceptors (Lipinski definition) is 3. The van der Waals surface area contributed by atoms with Crippen molar-refractivity contribution in [2.45, 2.75) is 38.3 Å². The second-order valence-electron chi connectivity index (χ2n) is 5.20. The number of pyridine rings is 1. The van der Waals surface area contributed by atoms with Crippen LogP contribution >= 0.6 is 15.9 Å².